The standard InChI is InChI=1S/C12H12FN5OS/c1-7(19)16-8-2-4-9(5-3-8)20-11-10(13)6-15-12(17-11)18-14/h2-6H,14H2,1H3,(H,16,19)(H,15,17,18). The van der Waals surface area contributed by atoms with Crippen LogP contribution in [0.4, 0.5) is 16.0 Å². The molecule has 0 unspecified atom stereocenters. The first kappa shape index (κ1) is 14.2. The van der Waals surface area contributed by atoms with Gasteiger partial charge in [0.1, 0.15) is 5.03 Å². The topological polar surface area (TPSA) is 92.9 Å². The molecule has 0 atom stereocenters. The van der Waals surface area contributed by atoms with Gasteiger partial charge in [-0.25, -0.2) is 20.2 Å². The Bertz CT molecular complexity index is 620. The molecular weight excluding hydrogens is 281 g/mol. The molecule has 1 heterocycles. The number of aromatic nitrogens is 2. The van der Waals surface area contributed by atoms with Gasteiger partial charge in [0, 0.05) is 17.5 Å². The van der Waals surface area contributed by atoms with Crippen LogP contribution in [-0.2, 0) is 4.79 Å². The fraction of sp³-hybridized carbons (Fsp3) is 0.0833. The van der Waals surface area contributed by atoms with Crippen molar-refractivity contribution in [2.45, 2.75) is 16.8 Å². The molecule has 0 aliphatic rings. The van der Waals surface area contributed by atoms with Crippen LogP contribution in [0.25, 0.3) is 0 Å². The maximum absolute atomic E-state index is 13.6. The van der Waals surface area contributed by atoms with Crippen molar-refractivity contribution in [3.8, 4) is 0 Å². The lowest BCUT2D eigenvalue weighted by Crippen LogP contribution is -2.11. The van der Waals surface area contributed by atoms with Gasteiger partial charge in [-0.1, -0.05) is 11.8 Å². The Morgan fingerprint density at radius 2 is 2.05 bits per heavy atom. The van der Waals surface area contributed by atoms with Crippen molar-refractivity contribution < 1.29 is 9.18 Å². The average Bonchev–Trinajstić information content (AvgIpc) is 2.43. The highest BCUT2D eigenvalue weighted by Gasteiger charge is 2.08. The third kappa shape index (κ3) is 3.65. The minimum Gasteiger partial charge on any atom is -0.326 e. The SMILES string of the molecule is CC(=O)Nc1ccc(Sc2nc(NN)ncc2F)cc1. The molecule has 8 heteroatoms. The molecule has 6 nitrogen and oxygen atoms in total. The number of anilines is 2. The van der Waals surface area contributed by atoms with Crippen molar-refractivity contribution >= 4 is 29.3 Å². The summed E-state index contributed by atoms with van der Waals surface area (Å²) in [4.78, 5) is 19.3. The molecule has 1 aromatic heterocycles. The lowest BCUT2D eigenvalue weighted by molar-refractivity contribution is -0.114. The Kier molecular flexibility index (Phi) is 4.49. The van der Waals surface area contributed by atoms with Crippen LogP contribution in [0.3, 0.4) is 0 Å². The summed E-state index contributed by atoms with van der Waals surface area (Å²) >= 11 is 1.14. The van der Waals surface area contributed by atoms with Gasteiger partial charge in [-0.3, -0.25) is 10.2 Å². The van der Waals surface area contributed by atoms with Crippen molar-refractivity contribution in [1.82, 2.24) is 9.97 Å². The van der Waals surface area contributed by atoms with Crippen LogP contribution in [0.15, 0.2) is 40.4 Å². The molecule has 1 aromatic carbocycles. The summed E-state index contributed by atoms with van der Waals surface area (Å²) in [5, 5.41) is 2.82. The average molecular weight is 293 g/mol. The zero-order valence-electron chi connectivity index (χ0n) is 10.6. The molecule has 4 N–H and O–H groups in total. The summed E-state index contributed by atoms with van der Waals surface area (Å²) in [5.74, 6) is 4.65. The maximum atomic E-state index is 13.6. The molecule has 20 heavy (non-hydrogen) atoms. The van der Waals surface area contributed by atoms with E-state index in [1.165, 1.54) is 6.92 Å². The number of carbonyl (C=O) groups is 1. The summed E-state index contributed by atoms with van der Waals surface area (Å²) in [7, 11) is 0. The molecule has 0 bridgehead atoms. The largest absolute Gasteiger partial charge is 0.326 e. The van der Waals surface area contributed by atoms with Crippen LogP contribution in [0.5, 0.6) is 0 Å². The Labute approximate surface area is 119 Å². The van der Waals surface area contributed by atoms with E-state index in [1.54, 1.807) is 24.3 Å². The number of benzene rings is 1. The molecule has 0 saturated carbocycles. The van der Waals surface area contributed by atoms with E-state index < -0.39 is 5.82 Å². The highest BCUT2D eigenvalue weighted by Crippen LogP contribution is 2.29. The van der Waals surface area contributed by atoms with Gasteiger partial charge in [-0.05, 0) is 24.3 Å². The number of amides is 1. The van der Waals surface area contributed by atoms with Crippen molar-refractivity contribution in [2.75, 3.05) is 10.7 Å². The second-order valence-electron chi connectivity index (χ2n) is 3.80. The molecular formula is C12H12FN5OS. The molecule has 0 spiro atoms. The van der Waals surface area contributed by atoms with Crippen molar-refractivity contribution in [3.63, 3.8) is 0 Å². The predicted octanol–water partition coefficient (Wildman–Crippen LogP) is 2.01. The van der Waals surface area contributed by atoms with Crippen molar-refractivity contribution in [1.29, 1.82) is 0 Å². The van der Waals surface area contributed by atoms with Gasteiger partial charge in [0.2, 0.25) is 11.9 Å². The smallest absolute Gasteiger partial charge is 0.238 e. The van der Waals surface area contributed by atoms with E-state index in [1.807, 2.05) is 0 Å². The summed E-state index contributed by atoms with van der Waals surface area (Å²) < 4.78 is 13.6. The van der Waals surface area contributed by atoms with E-state index in [2.05, 4.69) is 20.7 Å². The molecule has 0 aliphatic heterocycles. The van der Waals surface area contributed by atoms with Crippen molar-refractivity contribution in [3.05, 3.63) is 36.3 Å². The number of halogens is 1. The van der Waals surface area contributed by atoms with E-state index in [0.717, 1.165) is 22.9 Å². The number of hydrazine groups is 1. The molecule has 2 rings (SSSR count). The molecule has 0 radical (unpaired) electrons. The minimum absolute atomic E-state index is 0.142. The maximum Gasteiger partial charge on any atom is 0.238 e. The van der Waals surface area contributed by atoms with Gasteiger partial charge in [0.05, 0.1) is 6.20 Å². The van der Waals surface area contributed by atoms with Crippen LogP contribution in [0.2, 0.25) is 0 Å². The number of hydrogen-bond acceptors (Lipinski definition) is 6. The number of nitrogens with zero attached hydrogens (tertiary/aromatic N) is 2. The van der Waals surface area contributed by atoms with E-state index in [-0.39, 0.29) is 16.9 Å². The first-order chi connectivity index (χ1) is 9.58. The summed E-state index contributed by atoms with van der Waals surface area (Å²) in [5.41, 5.74) is 2.94. The molecule has 2 aromatic rings. The first-order valence-electron chi connectivity index (χ1n) is 5.63. The third-order valence-corrected chi connectivity index (χ3v) is 3.22. The van der Waals surface area contributed by atoms with Crippen LogP contribution < -0.4 is 16.6 Å². The predicted molar refractivity (Wildman–Crippen MR) is 74.7 cm³/mol. The number of nitrogens with two attached hydrogens (primary N) is 1. The van der Waals surface area contributed by atoms with E-state index in [0.29, 0.717) is 5.69 Å². The van der Waals surface area contributed by atoms with E-state index in [9.17, 15) is 9.18 Å². The Morgan fingerprint density at radius 3 is 2.65 bits per heavy atom. The monoisotopic (exact) mass is 293 g/mol. The normalized spacial score (nSPS) is 10.2. The zero-order valence-corrected chi connectivity index (χ0v) is 11.4. The fourth-order valence-electron chi connectivity index (χ4n) is 1.41. The highest BCUT2D eigenvalue weighted by atomic mass is 32.2. The quantitative estimate of drug-likeness (QED) is 0.453. The second kappa shape index (κ2) is 6.31. The Hall–Kier alpha value is -2.19. The summed E-state index contributed by atoms with van der Waals surface area (Å²) in [6.45, 7) is 1.43. The third-order valence-electron chi connectivity index (χ3n) is 2.23. The van der Waals surface area contributed by atoms with E-state index in [4.69, 9.17) is 5.84 Å². The molecule has 1 amide bonds. The molecule has 104 valence electrons. The Morgan fingerprint density at radius 1 is 1.35 bits per heavy atom. The number of carbonyl (C=O) groups excluding carboxylic acids is 1. The van der Waals surface area contributed by atoms with E-state index >= 15 is 0 Å². The zero-order chi connectivity index (χ0) is 14.5. The lowest BCUT2D eigenvalue weighted by Gasteiger charge is -2.06. The Balaban J connectivity index is 2.15. The van der Waals surface area contributed by atoms with Gasteiger partial charge < -0.3 is 5.32 Å². The number of nitrogen functional groups attached to an aromatic ring is 1. The van der Waals surface area contributed by atoms with Crippen LogP contribution in [0, 0.1) is 5.82 Å². The number of hydrogen-bond donors (Lipinski definition) is 3. The minimum atomic E-state index is -0.528. The first-order valence-corrected chi connectivity index (χ1v) is 6.45. The molecule has 0 aliphatic carbocycles. The summed E-state index contributed by atoms with van der Waals surface area (Å²) in [6.07, 6.45) is 1.05. The van der Waals surface area contributed by atoms with Crippen LogP contribution >= 0.6 is 11.8 Å². The van der Waals surface area contributed by atoms with Crippen LogP contribution in [0.1, 0.15) is 6.92 Å². The summed E-state index contributed by atoms with van der Waals surface area (Å²) in [6, 6.07) is 6.97. The van der Waals surface area contributed by atoms with Gasteiger partial charge in [0.25, 0.3) is 0 Å². The molecule has 0 saturated heterocycles. The highest BCUT2D eigenvalue weighted by molar-refractivity contribution is 7.99. The molecule has 0 fully saturated rings. The van der Waals surface area contributed by atoms with Gasteiger partial charge >= 0.3 is 0 Å². The number of rotatable bonds is 4. The van der Waals surface area contributed by atoms with Crippen LogP contribution in [-0.4, -0.2) is 15.9 Å². The lowest BCUT2D eigenvalue weighted by atomic mass is 10.3. The van der Waals surface area contributed by atoms with Crippen molar-refractivity contribution in [2.24, 2.45) is 5.84 Å². The number of nitrogens with one attached hydrogen (secondary N) is 2. The second-order valence-corrected chi connectivity index (χ2v) is 4.86. The fourth-order valence-corrected chi connectivity index (χ4v) is 2.19. The van der Waals surface area contributed by atoms with Gasteiger partial charge in [-0.2, -0.15) is 0 Å². The van der Waals surface area contributed by atoms with Gasteiger partial charge in [0.15, 0.2) is 5.82 Å². The van der Waals surface area contributed by atoms with Gasteiger partial charge in [-0.15, -0.1) is 0 Å².